The van der Waals surface area contributed by atoms with E-state index in [0.29, 0.717) is 43.8 Å². The van der Waals surface area contributed by atoms with E-state index < -0.39 is 0 Å². The van der Waals surface area contributed by atoms with Crippen LogP contribution in [0.5, 0.6) is 5.75 Å². The Balaban J connectivity index is 0.696. The molecule has 8 heterocycles. The summed E-state index contributed by atoms with van der Waals surface area (Å²) in [4.78, 5) is 67.5. The van der Waals surface area contributed by atoms with Crippen molar-refractivity contribution in [2.45, 2.75) is 57.5 Å². The second-order valence-electron chi connectivity index (χ2n) is 17.4. The quantitative estimate of drug-likeness (QED) is 0.158. The number of aromatic amines is 1. The van der Waals surface area contributed by atoms with Gasteiger partial charge in [-0.25, -0.2) is 19.7 Å². The number of piperazine rings is 1. The number of H-pyrrole nitrogens is 1. The predicted molar refractivity (Wildman–Crippen MR) is 235 cm³/mol. The van der Waals surface area contributed by atoms with Gasteiger partial charge in [-0.1, -0.05) is 17.3 Å². The number of fused-ring (bicyclic) bond motifs is 4. The molecule has 6 aromatic rings. The van der Waals surface area contributed by atoms with Gasteiger partial charge in [0, 0.05) is 104 Å². The Morgan fingerprint density at radius 1 is 0.905 bits per heavy atom. The van der Waals surface area contributed by atoms with Gasteiger partial charge in [0.05, 0.1) is 11.7 Å². The minimum Gasteiger partial charge on any atom is -0.487 e. The number of aromatic nitrogens is 6. The van der Waals surface area contributed by atoms with Crippen molar-refractivity contribution in [2.24, 2.45) is 5.92 Å². The van der Waals surface area contributed by atoms with Crippen LogP contribution in [-0.2, 0) is 11.3 Å². The number of nitrogens with zero attached hydrogens (tertiary/aromatic N) is 9. The summed E-state index contributed by atoms with van der Waals surface area (Å²) in [7, 11) is 0. The number of carbonyl (C=O) groups excluding carboxylic acids is 3. The van der Waals surface area contributed by atoms with E-state index in [-0.39, 0.29) is 29.8 Å². The van der Waals surface area contributed by atoms with E-state index in [9.17, 15) is 14.4 Å². The SMILES string of the molecule is Cc1cc(-c2ncnc3[nH]c(-c4cnc5c(c4)OC[C@H]4CN(CC6CCN(c7ccc(N8CCC(=O)NC8=O)cc7)CC6)CCN54)cc23)ccc1CNC(=O)c1nc(C2CC2)no1. The number of imide groups is 1. The number of benzene rings is 2. The van der Waals surface area contributed by atoms with Gasteiger partial charge in [-0.15, -0.1) is 0 Å². The van der Waals surface area contributed by atoms with Crippen LogP contribution >= 0.6 is 0 Å². The van der Waals surface area contributed by atoms with E-state index in [0.717, 1.165) is 127 Å². The molecular formula is C46H48N12O5. The number of hydrogen-bond acceptors (Lipinski definition) is 13. The number of carbonyl (C=O) groups is 3. The highest BCUT2D eigenvalue weighted by molar-refractivity contribution is 6.05. The molecule has 1 atom stereocenters. The number of ether oxygens (including phenoxy) is 1. The van der Waals surface area contributed by atoms with Crippen molar-refractivity contribution in [3.8, 4) is 28.3 Å². The third-order valence-corrected chi connectivity index (χ3v) is 13.2. The van der Waals surface area contributed by atoms with Crippen molar-refractivity contribution in [3.05, 3.63) is 90.0 Å². The van der Waals surface area contributed by atoms with Crippen LogP contribution in [0, 0.1) is 12.8 Å². The van der Waals surface area contributed by atoms with Crippen LogP contribution < -0.4 is 30.1 Å². The molecule has 5 aliphatic rings. The van der Waals surface area contributed by atoms with E-state index in [1.165, 1.54) is 5.69 Å². The molecule has 0 unspecified atom stereocenters. The molecule has 4 amide bonds. The zero-order valence-corrected chi connectivity index (χ0v) is 35.0. The first-order valence-electron chi connectivity index (χ1n) is 21.9. The summed E-state index contributed by atoms with van der Waals surface area (Å²) >= 11 is 0. The maximum atomic E-state index is 12.7. The van der Waals surface area contributed by atoms with Gasteiger partial charge in [0.2, 0.25) is 5.91 Å². The number of piperidine rings is 1. The molecule has 2 aromatic carbocycles. The highest BCUT2D eigenvalue weighted by Gasteiger charge is 2.36. The van der Waals surface area contributed by atoms with Gasteiger partial charge < -0.3 is 29.4 Å². The summed E-state index contributed by atoms with van der Waals surface area (Å²) in [5.74, 6) is 2.64. The van der Waals surface area contributed by atoms with Gasteiger partial charge in [0.15, 0.2) is 17.4 Å². The Labute approximate surface area is 363 Å². The third kappa shape index (κ3) is 7.81. The zero-order chi connectivity index (χ0) is 42.6. The highest BCUT2D eigenvalue weighted by Crippen LogP contribution is 2.39. The topological polar surface area (TPSA) is 191 Å². The third-order valence-electron chi connectivity index (χ3n) is 13.2. The molecule has 322 valence electrons. The van der Waals surface area contributed by atoms with Gasteiger partial charge >= 0.3 is 17.8 Å². The number of aryl methyl sites for hydroxylation is 1. The van der Waals surface area contributed by atoms with Crippen LogP contribution in [0.4, 0.5) is 22.0 Å². The largest absolute Gasteiger partial charge is 0.487 e. The lowest BCUT2D eigenvalue weighted by Gasteiger charge is -2.46. The summed E-state index contributed by atoms with van der Waals surface area (Å²) in [6.45, 7) is 9.27. The lowest BCUT2D eigenvalue weighted by Crippen LogP contribution is -2.58. The van der Waals surface area contributed by atoms with Crippen LogP contribution in [-0.4, -0.2) is 111 Å². The molecule has 3 N–H and O–H groups in total. The fraction of sp³-hybridized carbons (Fsp3) is 0.391. The first-order valence-corrected chi connectivity index (χ1v) is 21.9. The average molecular weight is 849 g/mol. The Hall–Kier alpha value is -6.88. The molecule has 4 fully saturated rings. The molecule has 1 aliphatic carbocycles. The first-order chi connectivity index (χ1) is 30.8. The van der Waals surface area contributed by atoms with Gasteiger partial charge in [-0.3, -0.25) is 24.7 Å². The van der Waals surface area contributed by atoms with E-state index in [4.69, 9.17) is 14.2 Å². The molecule has 1 saturated carbocycles. The van der Waals surface area contributed by atoms with E-state index >= 15 is 0 Å². The number of hydrogen-bond donors (Lipinski definition) is 3. The molecule has 3 saturated heterocycles. The lowest BCUT2D eigenvalue weighted by molar-refractivity contribution is -0.120. The number of rotatable bonds is 10. The molecule has 63 heavy (non-hydrogen) atoms. The Bertz CT molecular complexity index is 2720. The molecule has 0 radical (unpaired) electrons. The minimum absolute atomic E-state index is 0.00343. The van der Waals surface area contributed by atoms with E-state index in [1.54, 1.807) is 11.2 Å². The molecule has 17 heteroatoms. The number of pyridine rings is 1. The van der Waals surface area contributed by atoms with Gasteiger partial charge in [-0.05, 0) is 92.1 Å². The summed E-state index contributed by atoms with van der Waals surface area (Å²) in [5, 5.41) is 10.1. The Morgan fingerprint density at radius 3 is 2.56 bits per heavy atom. The average Bonchev–Trinajstić information content (AvgIpc) is 3.86. The van der Waals surface area contributed by atoms with Crippen molar-refractivity contribution in [3.63, 3.8) is 0 Å². The highest BCUT2D eigenvalue weighted by atomic mass is 16.5. The summed E-state index contributed by atoms with van der Waals surface area (Å²) < 4.78 is 11.6. The van der Waals surface area contributed by atoms with Crippen LogP contribution in [0.2, 0.25) is 0 Å². The molecule has 0 spiro atoms. The monoisotopic (exact) mass is 848 g/mol. The van der Waals surface area contributed by atoms with Crippen LogP contribution in [0.25, 0.3) is 33.5 Å². The van der Waals surface area contributed by atoms with Gasteiger partial charge in [0.25, 0.3) is 0 Å². The number of nitrogens with one attached hydrogen (secondary N) is 3. The Kier molecular flexibility index (Phi) is 9.97. The van der Waals surface area contributed by atoms with Crippen molar-refractivity contribution >= 4 is 46.1 Å². The number of anilines is 3. The fourth-order valence-electron chi connectivity index (χ4n) is 9.44. The number of amides is 4. The molecule has 4 aromatic heterocycles. The summed E-state index contributed by atoms with van der Waals surface area (Å²) in [5.41, 5.74) is 8.25. The van der Waals surface area contributed by atoms with Gasteiger partial charge in [0.1, 0.15) is 18.6 Å². The van der Waals surface area contributed by atoms with Crippen LogP contribution in [0.15, 0.2) is 71.6 Å². The minimum atomic E-state index is -0.380. The summed E-state index contributed by atoms with van der Waals surface area (Å²) in [6, 6.07) is 18.3. The van der Waals surface area contributed by atoms with Crippen molar-refractivity contribution in [1.29, 1.82) is 0 Å². The fourth-order valence-corrected chi connectivity index (χ4v) is 9.44. The summed E-state index contributed by atoms with van der Waals surface area (Å²) in [6.07, 6.45) is 8.14. The second-order valence-corrected chi connectivity index (χ2v) is 17.4. The maximum Gasteiger partial charge on any atom is 0.328 e. The van der Waals surface area contributed by atoms with Crippen molar-refractivity contribution in [1.82, 2.24) is 45.6 Å². The molecular weight excluding hydrogens is 801 g/mol. The second kappa shape index (κ2) is 16.1. The van der Waals surface area contributed by atoms with E-state index in [2.05, 4.69) is 80.8 Å². The number of urea groups is 1. The maximum absolute atomic E-state index is 12.7. The molecule has 17 nitrogen and oxygen atoms in total. The normalized spacial score (nSPS) is 19.4. The zero-order valence-electron chi connectivity index (χ0n) is 35.0. The molecule has 0 bridgehead atoms. The van der Waals surface area contributed by atoms with Crippen LogP contribution in [0.1, 0.15) is 65.7 Å². The smallest absolute Gasteiger partial charge is 0.328 e. The first kappa shape index (κ1) is 39.0. The van der Waals surface area contributed by atoms with Crippen LogP contribution in [0.3, 0.4) is 0 Å². The van der Waals surface area contributed by atoms with Crippen molar-refractivity contribution in [2.75, 3.05) is 67.1 Å². The predicted octanol–water partition coefficient (Wildman–Crippen LogP) is 5.43. The molecule has 4 aliphatic heterocycles. The Morgan fingerprint density at radius 2 is 1.75 bits per heavy atom. The van der Waals surface area contributed by atoms with E-state index in [1.807, 2.05) is 37.4 Å². The van der Waals surface area contributed by atoms with Gasteiger partial charge in [-0.2, -0.15) is 4.98 Å². The lowest BCUT2D eigenvalue weighted by atomic mass is 9.95. The van der Waals surface area contributed by atoms with Crippen molar-refractivity contribution < 1.29 is 23.6 Å². The standard InChI is InChI=1S/C46H48N12O5/c1-27-18-30(4-5-31(27)21-48-44(60)45-53-41(54-63-45)29-2-3-29)40-36-20-37(51-42(36)50-26-49-40)32-19-38-43(47-22-32)57-17-16-55(24-35(57)25-62-38)23-28-10-13-56(14-11-28)33-6-8-34(9-7-33)58-15-12-39(59)52-46(58)61/h4-9,18-20,22,26,28-29,35H,2-3,10-17,21,23-25H2,1H3,(H,48,60)(H,49,50,51)(H,52,59,61)/t35-/m1/s1. The molecule has 11 rings (SSSR count).